The molecule has 1 atom stereocenters. The minimum Gasteiger partial charge on any atom is -0.296 e. The second-order valence-corrected chi connectivity index (χ2v) is 8.84. The Hall–Kier alpha value is -1.81. The predicted molar refractivity (Wildman–Crippen MR) is 104 cm³/mol. The van der Waals surface area contributed by atoms with Gasteiger partial charge in [0.2, 0.25) is 5.91 Å². The molecular formula is C21H24N2OS. The van der Waals surface area contributed by atoms with Gasteiger partial charge in [0.15, 0.2) is 0 Å². The predicted octanol–water partition coefficient (Wildman–Crippen LogP) is 4.80. The van der Waals surface area contributed by atoms with E-state index in [1.807, 2.05) is 36.3 Å². The number of anilines is 1. The van der Waals surface area contributed by atoms with Gasteiger partial charge in [0.1, 0.15) is 0 Å². The summed E-state index contributed by atoms with van der Waals surface area (Å²) >= 11 is 1.88. The minimum absolute atomic E-state index is 0.0125. The Labute approximate surface area is 153 Å². The Bertz CT molecular complexity index is 738. The standard InChI is InChI=1S/C21H24N2OS/c1-16-20(24)23(21(25-16)11-3-2-4-12-21)19-7-5-17(6-8-19)15-18-9-13-22-14-10-18/h5-10,13-14,16H,2-4,11-12,15H2,1H3. The molecule has 25 heavy (non-hydrogen) atoms. The molecule has 0 bridgehead atoms. The van der Waals surface area contributed by atoms with Crippen molar-refractivity contribution in [3.63, 3.8) is 0 Å². The summed E-state index contributed by atoms with van der Waals surface area (Å²) in [5.41, 5.74) is 3.58. The number of hydrogen-bond donors (Lipinski definition) is 0. The van der Waals surface area contributed by atoms with Gasteiger partial charge in [-0.1, -0.05) is 31.4 Å². The summed E-state index contributed by atoms with van der Waals surface area (Å²) in [5.74, 6) is 0.272. The molecule has 2 aromatic rings. The van der Waals surface area contributed by atoms with Gasteiger partial charge in [0.25, 0.3) is 0 Å². The zero-order chi connectivity index (χ0) is 17.3. The number of aromatic nitrogens is 1. The first-order valence-electron chi connectivity index (χ1n) is 9.18. The maximum atomic E-state index is 12.9. The molecule has 1 aliphatic heterocycles. The fourth-order valence-corrected chi connectivity index (χ4v) is 5.81. The van der Waals surface area contributed by atoms with Crippen molar-refractivity contribution in [1.82, 2.24) is 4.98 Å². The highest BCUT2D eigenvalue weighted by Gasteiger charge is 2.50. The van der Waals surface area contributed by atoms with Gasteiger partial charge >= 0.3 is 0 Å². The Balaban J connectivity index is 1.58. The largest absolute Gasteiger partial charge is 0.296 e. The lowest BCUT2D eigenvalue weighted by Crippen LogP contribution is -2.46. The molecule has 2 heterocycles. The van der Waals surface area contributed by atoms with Crippen LogP contribution >= 0.6 is 11.8 Å². The zero-order valence-electron chi connectivity index (χ0n) is 14.6. The fourth-order valence-electron chi connectivity index (χ4n) is 4.12. The number of hydrogen-bond acceptors (Lipinski definition) is 3. The van der Waals surface area contributed by atoms with Crippen molar-refractivity contribution in [3.8, 4) is 0 Å². The summed E-state index contributed by atoms with van der Waals surface area (Å²) in [6.07, 6.45) is 10.5. The molecule has 1 amide bonds. The first-order valence-corrected chi connectivity index (χ1v) is 10.1. The van der Waals surface area contributed by atoms with Gasteiger partial charge in [0, 0.05) is 18.1 Å². The number of carbonyl (C=O) groups is 1. The van der Waals surface area contributed by atoms with Crippen LogP contribution in [0, 0.1) is 0 Å². The van der Waals surface area contributed by atoms with Crippen molar-refractivity contribution in [2.24, 2.45) is 0 Å². The van der Waals surface area contributed by atoms with Gasteiger partial charge in [0.05, 0.1) is 10.1 Å². The molecule has 4 rings (SSSR count). The molecule has 2 fully saturated rings. The summed E-state index contributed by atoms with van der Waals surface area (Å²) in [6, 6.07) is 12.7. The van der Waals surface area contributed by atoms with Gasteiger partial charge in [-0.2, -0.15) is 0 Å². The van der Waals surface area contributed by atoms with Crippen LogP contribution in [0.1, 0.15) is 50.2 Å². The normalized spacial score (nSPS) is 22.5. The third-order valence-corrected chi connectivity index (χ3v) is 6.94. The van der Waals surface area contributed by atoms with E-state index in [9.17, 15) is 4.79 Å². The molecule has 1 unspecified atom stereocenters. The van der Waals surface area contributed by atoms with E-state index in [-0.39, 0.29) is 16.0 Å². The van der Waals surface area contributed by atoms with Gasteiger partial charge in [-0.3, -0.25) is 14.7 Å². The third-order valence-electron chi connectivity index (χ3n) is 5.36. The number of carbonyl (C=O) groups excluding carboxylic acids is 1. The number of benzene rings is 1. The Kier molecular flexibility index (Phi) is 4.55. The maximum Gasteiger partial charge on any atom is 0.241 e. The molecule has 1 saturated heterocycles. The van der Waals surface area contributed by atoms with Crippen LogP contribution in [0.25, 0.3) is 0 Å². The molecule has 2 aliphatic rings. The fraction of sp³-hybridized carbons (Fsp3) is 0.429. The van der Waals surface area contributed by atoms with Gasteiger partial charge in [-0.15, -0.1) is 11.8 Å². The maximum absolute atomic E-state index is 12.9. The molecule has 1 aromatic carbocycles. The second kappa shape index (κ2) is 6.83. The van der Waals surface area contributed by atoms with Crippen molar-refractivity contribution >= 4 is 23.4 Å². The summed E-state index contributed by atoms with van der Waals surface area (Å²) in [4.78, 5) is 19.0. The SMILES string of the molecule is CC1SC2(CCCCC2)N(c2ccc(Cc3ccncc3)cc2)C1=O. The van der Waals surface area contributed by atoms with Crippen LogP contribution < -0.4 is 4.90 Å². The Morgan fingerprint density at radius 1 is 1.04 bits per heavy atom. The number of thioether (sulfide) groups is 1. The summed E-state index contributed by atoms with van der Waals surface area (Å²) < 4.78 is 0. The number of pyridine rings is 1. The average molecular weight is 353 g/mol. The van der Waals surface area contributed by atoms with E-state index in [2.05, 4.69) is 41.1 Å². The number of nitrogens with zero attached hydrogens (tertiary/aromatic N) is 2. The lowest BCUT2D eigenvalue weighted by Gasteiger charge is -2.40. The van der Waals surface area contributed by atoms with E-state index in [4.69, 9.17) is 0 Å². The molecule has 4 heteroatoms. The van der Waals surface area contributed by atoms with Gasteiger partial charge < -0.3 is 0 Å². The first kappa shape index (κ1) is 16.6. The van der Waals surface area contributed by atoms with Crippen LogP contribution in [0.15, 0.2) is 48.8 Å². The van der Waals surface area contributed by atoms with E-state index >= 15 is 0 Å². The molecule has 1 saturated carbocycles. The van der Waals surface area contributed by atoms with E-state index in [1.165, 1.54) is 30.4 Å². The van der Waals surface area contributed by atoms with E-state index in [1.54, 1.807) is 0 Å². The summed E-state index contributed by atoms with van der Waals surface area (Å²) in [7, 11) is 0. The second-order valence-electron chi connectivity index (χ2n) is 7.14. The van der Waals surface area contributed by atoms with Crippen LogP contribution in [0.4, 0.5) is 5.69 Å². The monoisotopic (exact) mass is 352 g/mol. The zero-order valence-corrected chi connectivity index (χ0v) is 15.5. The molecule has 0 radical (unpaired) electrons. The highest BCUT2D eigenvalue weighted by atomic mass is 32.2. The molecule has 0 N–H and O–H groups in total. The highest BCUT2D eigenvalue weighted by molar-refractivity contribution is 8.02. The Morgan fingerprint density at radius 3 is 2.36 bits per heavy atom. The van der Waals surface area contributed by atoms with Gasteiger partial charge in [-0.05, 0) is 61.6 Å². The molecular weight excluding hydrogens is 328 g/mol. The summed E-state index contributed by atoms with van der Waals surface area (Å²) in [6.45, 7) is 2.06. The first-order chi connectivity index (χ1) is 12.2. The van der Waals surface area contributed by atoms with Crippen LogP contribution in [0.2, 0.25) is 0 Å². The van der Waals surface area contributed by atoms with Crippen LogP contribution in [0.3, 0.4) is 0 Å². The van der Waals surface area contributed by atoms with Crippen molar-refractivity contribution in [3.05, 3.63) is 59.9 Å². The minimum atomic E-state index is -0.0125. The smallest absolute Gasteiger partial charge is 0.241 e. The van der Waals surface area contributed by atoms with E-state index in [0.717, 1.165) is 24.9 Å². The van der Waals surface area contributed by atoms with Crippen LogP contribution in [0.5, 0.6) is 0 Å². The van der Waals surface area contributed by atoms with Crippen molar-refractivity contribution in [1.29, 1.82) is 0 Å². The highest BCUT2D eigenvalue weighted by Crippen LogP contribution is 2.51. The summed E-state index contributed by atoms with van der Waals surface area (Å²) in [5, 5.41) is 0.0644. The number of rotatable bonds is 3. The van der Waals surface area contributed by atoms with Crippen molar-refractivity contribution in [2.45, 2.75) is 55.6 Å². The molecule has 1 aliphatic carbocycles. The third kappa shape index (κ3) is 3.20. The molecule has 1 aromatic heterocycles. The lowest BCUT2D eigenvalue weighted by atomic mass is 9.92. The quantitative estimate of drug-likeness (QED) is 0.795. The molecule has 1 spiro atoms. The van der Waals surface area contributed by atoms with E-state index in [0.29, 0.717) is 0 Å². The Morgan fingerprint density at radius 2 is 1.68 bits per heavy atom. The van der Waals surface area contributed by atoms with Crippen molar-refractivity contribution in [2.75, 3.05) is 4.90 Å². The topological polar surface area (TPSA) is 33.2 Å². The van der Waals surface area contributed by atoms with Crippen LogP contribution in [-0.4, -0.2) is 21.0 Å². The van der Waals surface area contributed by atoms with Crippen molar-refractivity contribution < 1.29 is 4.79 Å². The lowest BCUT2D eigenvalue weighted by molar-refractivity contribution is -0.117. The van der Waals surface area contributed by atoms with Gasteiger partial charge in [-0.25, -0.2) is 0 Å². The van der Waals surface area contributed by atoms with E-state index < -0.39 is 0 Å². The average Bonchev–Trinajstić information content (AvgIpc) is 2.87. The number of amides is 1. The molecule has 130 valence electrons. The molecule has 3 nitrogen and oxygen atoms in total. The van der Waals surface area contributed by atoms with Crippen LogP contribution in [-0.2, 0) is 11.2 Å².